The third kappa shape index (κ3) is 3.34. The van der Waals surface area contributed by atoms with Crippen LogP contribution in [0.15, 0.2) is 53.1 Å². The smallest absolute Gasteiger partial charge is 0.195 e. The Balaban J connectivity index is 2.03. The third-order valence-electron chi connectivity index (χ3n) is 3.27. The number of anilines is 2. The molecule has 0 amide bonds. The number of aromatic nitrogens is 1. The largest absolute Gasteiger partial charge is 0.344 e. The third-order valence-corrected chi connectivity index (χ3v) is 5.08. The minimum absolute atomic E-state index is 0.150. The van der Waals surface area contributed by atoms with Crippen LogP contribution in [0.1, 0.15) is 21.5 Å². The number of hydrogen-bond donors (Lipinski definition) is 1. The van der Waals surface area contributed by atoms with Gasteiger partial charge in [-0.25, -0.2) is 0 Å². The molecule has 1 N–H and O–H groups in total. The van der Waals surface area contributed by atoms with E-state index in [9.17, 15) is 10.1 Å². The van der Waals surface area contributed by atoms with Crippen LogP contribution in [-0.4, -0.2) is 10.2 Å². The van der Waals surface area contributed by atoms with E-state index in [1.54, 1.807) is 42.5 Å². The van der Waals surface area contributed by atoms with Crippen LogP contribution in [0.4, 0.5) is 10.7 Å². The summed E-state index contributed by atoms with van der Waals surface area (Å²) in [5.74, 6) is -0.150. The number of benzene rings is 2. The van der Waals surface area contributed by atoms with E-state index < -0.39 is 0 Å². The van der Waals surface area contributed by atoms with Crippen molar-refractivity contribution < 1.29 is 4.79 Å². The van der Waals surface area contributed by atoms with Crippen molar-refractivity contribution in [2.75, 3.05) is 5.32 Å². The van der Waals surface area contributed by atoms with Gasteiger partial charge < -0.3 is 5.32 Å². The van der Waals surface area contributed by atoms with Crippen LogP contribution >= 0.6 is 39.1 Å². The first kappa shape index (κ1) is 16.7. The molecule has 0 spiro atoms. The molecule has 0 unspecified atom stereocenters. The molecule has 2 aromatic carbocycles. The van der Waals surface area contributed by atoms with Gasteiger partial charge in [0.05, 0.1) is 5.69 Å². The summed E-state index contributed by atoms with van der Waals surface area (Å²) in [6, 6.07) is 16.1. The number of nitrogens with zero attached hydrogens (tertiary/aromatic N) is 2. The number of hydrogen-bond acceptors (Lipinski definition) is 5. The molecule has 3 aromatic rings. The zero-order valence-electron chi connectivity index (χ0n) is 12.1. The lowest BCUT2D eigenvalue weighted by atomic mass is 10.0. The summed E-state index contributed by atoms with van der Waals surface area (Å²) < 4.78 is 4.57. The fourth-order valence-electron chi connectivity index (χ4n) is 2.13. The minimum atomic E-state index is -0.150. The average molecular weight is 419 g/mol. The number of carbonyl (C=O) groups is 1. The van der Waals surface area contributed by atoms with Gasteiger partial charge in [0.1, 0.15) is 21.2 Å². The van der Waals surface area contributed by atoms with E-state index in [4.69, 9.17) is 11.6 Å². The van der Waals surface area contributed by atoms with Crippen LogP contribution in [0.25, 0.3) is 0 Å². The molecule has 0 fully saturated rings. The number of ketones is 1. The zero-order chi connectivity index (χ0) is 17.1. The van der Waals surface area contributed by atoms with Crippen molar-refractivity contribution in [2.24, 2.45) is 0 Å². The van der Waals surface area contributed by atoms with Crippen molar-refractivity contribution in [3.63, 3.8) is 0 Å². The fraction of sp³-hybridized carbons (Fsp3) is 0. The molecule has 0 aliphatic carbocycles. The Bertz CT molecular complexity index is 950. The maximum Gasteiger partial charge on any atom is 0.195 e. The van der Waals surface area contributed by atoms with Crippen molar-refractivity contribution in [3.8, 4) is 6.07 Å². The Labute approximate surface area is 156 Å². The van der Waals surface area contributed by atoms with Gasteiger partial charge in [0, 0.05) is 16.1 Å². The van der Waals surface area contributed by atoms with Crippen molar-refractivity contribution in [1.29, 1.82) is 5.26 Å². The van der Waals surface area contributed by atoms with Crippen LogP contribution in [0, 0.1) is 11.3 Å². The van der Waals surface area contributed by atoms with E-state index in [1.165, 1.54) is 0 Å². The van der Waals surface area contributed by atoms with E-state index in [0.717, 1.165) is 11.5 Å². The van der Waals surface area contributed by atoms with Crippen LogP contribution in [0.2, 0.25) is 5.02 Å². The molecule has 0 aliphatic rings. The quantitative estimate of drug-likeness (QED) is 0.576. The summed E-state index contributed by atoms with van der Waals surface area (Å²) in [7, 11) is 0. The summed E-state index contributed by atoms with van der Waals surface area (Å²) >= 11 is 10.4. The van der Waals surface area contributed by atoms with Gasteiger partial charge in [0.25, 0.3) is 0 Å². The molecule has 0 atom stereocenters. The number of rotatable bonds is 4. The predicted octanol–water partition coefficient (Wildman–Crippen LogP) is 5.41. The van der Waals surface area contributed by atoms with Crippen LogP contribution in [0.3, 0.4) is 0 Å². The molecule has 0 aliphatic heterocycles. The highest BCUT2D eigenvalue weighted by atomic mass is 79.9. The summed E-state index contributed by atoms with van der Waals surface area (Å²) in [4.78, 5) is 12.8. The van der Waals surface area contributed by atoms with Gasteiger partial charge >= 0.3 is 0 Å². The van der Waals surface area contributed by atoms with Crippen LogP contribution < -0.4 is 5.32 Å². The molecule has 0 bridgehead atoms. The fourth-order valence-corrected chi connectivity index (χ4v) is 3.59. The number of nitriles is 1. The Morgan fingerprint density at radius 3 is 2.71 bits per heavy atom. The Kier molecular flexibility index (Phi) is 4.95. The lowest BCUT2D eigenvalue weighted by Gasteiger charge is -2.11. The van der Waals surface area contributed by atoms with E-state index in [1.807, 2.05) is 6.07 Å². The first-order chi connectivity index (χ1) is 11.6. The van der Waals surface area contributed by atoms with Gasteiger partial charge in [0.15, 0.2) is 5.78 Å². The first-order valence-corrected chi connectivity index (χ1v) is 8.76. The number of nitrogens with one attached hydrogen (secondary N) is 1. The second-order valence-corrected chi connectivity index (χ2v) is 6.76. The van der Waals surface area contributed by atoms with E-state index in [2.05, 4.69) is 31.7 Å². The van der Waals surface area contributed by atoms with Gasteiger partial charge in [-0.15, -0.1) is 0 Å². The highest BCUT2D eigenvalue weighted by Gasteiger charge is 2.17. The van der Waals surface area contributed by atoms with Crippen molar-refractivity contribution in [1.82, 2.24) is 4.37 Å². The summed E-state index contributed by atoms with van der Waals surface area (Å²) in [5.41, 5.74) is 1.96. The van der Waals surface area contributed by atoms with Gasteiger partial charge in [-0.1, -0.05) is 41.9 Å². The van der Waals surface area contributed by atoms with E-state index >= 15 is 0 Å². The van der Waals surface area contributed by atoms with E-state index in [-0.39, 0.29) is 5.78 Å². The monoisotopic (exact) mass is 417 g/mol. The molecule has 7 heteroatoms. The molecule has 0 saturated carbocycles. The van der Waals surface area contributed by atoms with Crippen molar-refractivity contribution >= 4 is 55.5 Å². The van der Waals surface area contributed by atoms with Gasteiger partial charge in [0.2, 0.25) is 0 Å². The molecule has 0 saturated heterocycles. The highest BCUT2D eigenvalue weighted by molar-refractivity contribution is 9.10. The highest BCUT2D eigenvalue weighted by Crippen LogP contribution is 2.33. The van der Waals surface area contributed by atoms with Crippen LogP contribution in [-0.2, 0) is 0 Å². The average Bonchev–Trinajstić information content (AvgIpc) is 2.96. The maximum atomic E-state index is 12.8. The SMILES string of the molecule is N#Cc1c(Br)nsc1Nc1ccc(Cl)cc1C(=O)c1ccccc1. The lowest BCUT2D eigenvalue weighted by molar-refractivity contribution is 0.103. The molecule has 1 aromatic heterocycles. The maximum absolute atomic E-state index is 12.8. The normalized spacial score (nSPS) is 10.2. The Morgan fingerprint density at radius 1 is 1.25 bits per heavy atom. The topological polar surface area (TPSA) is 65.8 Å². The Morgan fingerprint density at radius 2 is 2.00 bits per heavy atom. The van der Waals surface area contributed by atoms with Gasteiger partial charge in [-0.05, 0) is 45.7 Å². The molecule has 3 rings (SSSR count). The lowest BCUT2D eigenvalue weighted by Crippen LogP contribution is -2.05. The molecule has 0 radical (unpaired) electrons. The summed E-state index contributed by atoms with van der Waals surface area (Å²) in [6.45, 7) is 0. The number of halogens is 2. The summed E-state index contributed by atoms with van der Waals surface area (Å²) in [6.07, 6.45) is 0. The first-order valence-electron chi connectivity index (χ1n) is 6.81. The molecule has 118 valence electrons. The molecular formula is C17H9BrClN3OS. The van der Waals surface area contributed by atoms with Crippen molar-refractivity contribution in [2.45, 2.75) is 0 Å². The summed E-state index contributed by atoms with van der Waals surface area (Å²) in [5, 5.41) is 13.4. The molecule has 24 heavy (non-hydrogen) atoms. The second-order valence-electron chi connectivity index (χ2n) is 4.80. The van der Waals surface area contributed by atoms with Crippen LogP contribution in [0.5, 0.6) is 0 Å². The van der Waals surface area contributed by atoms with Crippen molar-refractivity contribution in [3.05, 3.63) is 74.8 Å². The zero-order valence-corrected chi connectivity index (χ0v) is 15.2. The van der Waals surface area contributed by atoms with Gasteiger partial charge in [-0.2, -0.15) is 9.64 Å². The molecule has 4 nitrogen and oxygen atoms in total. The van der Waals surface area contributed by atoms with E-state index in [0.29, 0.717) is 37.0 Å². The molecule has 1 heterocycles. The standard InChI is InChI=1S/C17H9BrClN3OS/c18-16-13(9-20)17(24-22-16)21-14-7-6-11(19)8-12(14)15(23)10-4-2-1-3-5-10/h1-8,21H. The second kappa shape index (κ2) is 7.14. The van der Waals surface area contributed by atoms with Gasteiger partial charge in [-0.3, -0.25) is 4.79 Å². The Hall–Kier alpha value is -2.20. The molecular weight excluding hydrogens is 410 g/mol. The predicted molar refractivity (Wildman–Crippen MR) is 99.1 cm³/mol. The number of carbonyl (C=O) groups excluding carboxylic acids is 1. The minimum Gasteiger partial charge on any atom is -0.344 e.